The lowest BCUT2D eigenvalue weighted by atomic mass is 10.3. The first-order valence-electron chi connectivity index (χ1n) is 3.50. The van der Waals surface area contributed by atoms with E-state index in [1.165, 1.54) is 0 Å². The Labute approximate surface area is 55.9 Å². The highest BCUT2D eigenvalue weighted by atomic mass is 16.6. The molecule has 1 aliphatic heterocycles. The molecule has 2 nitrogen and oxygen atoms in total. The molecule has 1 aliphatic rings. The van der Waals surface area contributed by atoms with E-state index in [9.17, 15) is 0 Å². The van der Waals surface area contributed by atoms with Crippen LogP contribution in [0.5, 0.6) is 0 Å². The summed E-state index contributed by atoms with van der Waals surface area (Å²) in [6, 6.07) is 0. The molecule has 0 fully saturated rings. The Hall–Kier alpha value is -0.340. The van der Waals surface area contributed by atoms with Crippen LogP contribution in [-0.2, 0) is 4.84 Å². The van der Waals surface area contributed by atoms with Gasteiger partial charge in [-0.1, -0.05) is 12.2 Å². The van der Waals surface area contributed by atoms with Crippen LogP contribution in [0.3, 0.4) is 0 Å². The van der Waals surface area contributed by atoms with E-state index in [0.717, 1.165) is 32.4 Å². The van der Waals surface area contributed by atoms with E-state index in [0.29, 0.717) is 0 Å². The topological polar surface area (TPSA) is 21.3 Å². The van der Waals surface area contributed by atoms with Crippen LogP contribution in [0.4, 0.5) is 0 Å². The predicted octanol–water partition coefficient (Wildman–Crippen LogP) is 1.25. The standard InChI is InChI=1S/C7H13NO/c1-2-4-6-8-9-7-5-3-1/h1-2,8H,3-7H2/b2-1-. The fourth-order valence-electron chi connectivity index (χ4n) is 0.796. The molecule has 1 rings (SSSR count). The van der Waals surface area contributed by atoms with Crippen molar-refractivity contribution in [3.8, 4) is 0 Å². The van der Waals surface area contributed by atoms with Gasteiger partial charge in [0.15, 0.2) is 0 Å². The van der Waals surface area contributed by atoms with Gasteiger partial charge in [-0.05, 0) is 19.3 Å². The van der Waals surface area contributed by atoms with Crippen molar-refractivity contribution in [1.29, 1.82) is 0 Å². The van der Waals surface area contributed by atoms with Crippen LogP contribution in [0.15, 0.2) is 12.2 Å². The fraction of sp³-hybridized carbons (Fsp3) is 0.714. The Balaban J connectivity index is 2.15. The summed E-state index contributed by atoms with van der Waals surface area (Å²) in [5.41, 5.74) is 2.88. The van der Waals surface area contributed by atoms with Crippen LogP contribution in [-0.4, -0.2) is 13.2 Å². The average molecular weight is 127 g/mol. The molecule has 0 amide bonds. The minimum atomic E-state index is 0.838. The van der Waals surface area contributed by atoms with Crippen molar-refractivity contribution in [3.05, 3.63) is 12.2 Å². The Kier molecular flexibility index (Phi) is 3.41. The molecule has 1 N–H and O–H groups in total. The highest BCUT2D eigenvalue weighted by Gasteiger charge is 1.89. The van der Waals surface area contributed by atoms with Gasteiger partial charge in [-0.2, -0.15) is 0 Å². The predicted molar refractivity (Wildman–Crippen MR) is 36.9 cm³/mol. The van der Waals surface area contributed by atoms with Gasteiger partial charge in [0, 0.05) is 6.54 Å². The Morgan fingerprint density at radius 2 is 2.11 bits per heavy atom. The third kappa shape index (κ3) is 3.27. The van der Waals surface area contributed by atoms with Crippen LogP contribution in [0.25, 0.3) is 0 Å². The summed E-state index contributed by atoms with van der Waals surface area (Å²) in [5.74, 6) is 0. The number of hydrogen-bond acceptors (Lipinski definition) is 2. The smallest absolute Gasteiger partial charge is 0.0685 e. The molecule has 0 aromatic heterocycles. The first-order chi connectivity index (χ1) is 4.50. The molecule has 0 spiro atoms. The maximum atomic E-state index is 5.06. The SMILES string of the molecule is C1=C\CCNOCCC/1. The van der Waals surface area contributed by atoms with Crippen molar-refractivity contribution in [3.63, 3.8) is 0 Å². The lowest BCUT2D eigenvalue weighted by Gasteiger charge is -1.99. The maximum absolute atomic E-state index is 5.06. The van der Waals surface area contributed by atoms with Crippen LogP contribution in [0, 0.1) is 0 Å². The van der Waals surface area contributed by atoms with Crippen molar-refractivity contribution >= 4 is 0 Å². The fourth-order valence-corrected chi connectivity index (χ4v) is 0.796. The molecule has 0 bridgehead atoms. The van der Waals surface area contributed by atoms with E-state index in [1.54, 1.807) is 0 Å². The van der Waals surface area contributed by atoms with Crippen LogP contribution in [0.2, 0.25) is 0 Å². The first-order valence-corrected chi connectivity index (χ1v) is 3.50. The lowest BCUT2D eigenvalue weighted by Crippen LogP contribution is -2.15. The summed E-state index contributed by atoms with van der Waals surface area (Å²) in [7, 11) is 0. The highest BCUT2D eigenvalue weighted by molar-refractivity contribution is 4.82. The highest BCUT2D eigenvalue weighted by Crippen LogP contribution is 1.94. The minimum Gasteiger partial charge on any atom is -0.302 e. The van der Waals surface area contributed by atoms with E-state index < -0.39 is 0 Å². The van der Waals surface area contributed by atoms with E-state index in [2.05, 4.69) is 17.6 Å². The van der Waals surface area contributed by atoms with Crippen LogP contribution in [0.1, 0.15) is 19.3 Å². The molecule has 0 radical (unpaired) electrons. The first kappa shape index (κ1) is 6.78. The van der Waals surface area contributed by atoms with Gasteiger partial charge in [0.2, 0.25) is 0 Å². The van der Waals surface area contributed by atoms with Crippen molar-refractivity contribution in [2.24, 2.45) is 0 Å². The summed E-state index contributed by atoms with van der Waals surface area (Å²) >= 11 is 0. The Morgan fingerprint density at radius 1 is 1.22 bits per heavy atom. The molecule has 0 saturated carbocycles. The molecule has 1 heterocycles. The van der Waals surface area contributed by atoms with Gasteiger partial charge < -0.3 is 4.84 Å². The quantitative estimate of drug-likeness (QED) is 0.494. The van der Waals surface area contributed by atoms with Gasteiger partial charge in [0.25, 0.3) is 0 Å². The second kappa shape index (κ2) is 4.53. The van der Waals surface area contributed by atoms with Gasteiger partial charge in [-0.25, -0.2) is 5.48 Å². The zero-order valence-corrected chi connectivity index (χ0v) is 5.60. The average Bonchev–Trinajstić information content (AvgIpc) is 2.00. The largest absolute Gasteiger partial charge is 0.302 e. The Bertz CT molecular complexity index is 80.9. The summed E-state index contributed by atoms with van der Waals surface area (Å²) in [5, 5.41) is 0. The van der Waals surface area contributed by atoms with E-state index in [-0.39, 0.29) is 0 Å². The normalized spacial score (nSPS) is 25.8. The monoisotopic (exact) mass is 127 g/mol. The molecule has 0 atom stereocenters. The van der Waals surface area contributed by atoms with Crippen LogP contribution >= 0.6 is 0 Å². The number of allylic oxidation sites excluding steroid dienone is 1. The zero-order valence-electron chi connectivity index (χ0n) is 5.60. The van der Waals surface area contributed by atoms with E-state index in [1.807, 2.05) is 0 Å². The molecule has 52 valence electrons. The third-order valence-corrected chi connectivity index (χ3v) is 1.30. The molecule has 2 heteroatoms. The van der Waals surface area contributed by atoms with Crippen molar-refractivity contribution in [2.75, 3.05) is 13.2 Å². The van der Waals surface area contributed by atoms with Gasteiger partial charge >= 0.3 is 0 Å². The molecule has 0 saturated heterocycles. The number of hydrogen-bond donors (Lipinski definition) is 1. The number of rotatable bonds is 0. The zero-order chi connectivity index (χ0) is 6.36. The lowest BCUT2D eigenvalue weighted by molar-refractivity contribution is 0.0421. The van der Waals surface area contributed by atoms with E-state index >= 15 is 0 Å². The summed E-state index contributed by atoms with van der Waals surface area (Å²) < 4.78 is 0. The minimum absolute atomic E-state index is 0.838. The number of hydroxylamine groups is 1. The van der Waals surface area contributed by atoms with Gasteiger partial charge in [-0.3, -0.25) is 0 Å². The molecule has 9 heavy (non-hydrogen) atoms. The number of nitrogens with one attached hydrogen (secondary N) is 1. The summed E-state index contributed by atoms with van der Waals surface area (Å²) in [6.45, 7) is 1.78. The second-order valence-corrected chi connectivity index (χ2v) is 2.15. The molecular weight excluding hydrogens is 114 g/mol. The maximum Gasteiger partial charge on any atom is 0.0685 e. The van der Waals surface area contributed by atoms with Gasteiger partial charge in [0.05, 0.1) is 6.61 Å². The third-order valence-electron chi connectivity index (χ3n) is 1.30. The van der Waals surface area contributed by atoms with Crippen molar-refractivity contribution in [2.45, 2.75) is 19.3 Å². The summed E-state index contributed by atoms with van der Waals surface area (Å²) in [6.07, 6.45) is 7.78. The van der Waals surface area contributed by atoms with Crippen LogP contribution < -0.4 is 5.48 Å². The summed E-state index contributed by atoms with van der Waals surface area (Å²) in [4.78, 5) is 5.06. The van der Waals surface area contributed by atoms with E-state index in [4.69, 9.17) is 4.84 Å². The van der Waals surface area contributed by atoms with Crippen molar-refractivity contribution < 1.29 is 4.84 Å². The molecule has 0 unspecified atom stereocenters. The molecule has 0 aromatic carbocycles. The molecular formula is C7H13NO. The molecule has 0 aromatic rings. The second-order valence-electron chi connectivity index (χ2n) is 2.15. The van der Waals surface area contributed by atoms with Crippen molar-refractivity contribution in [1.82, 2.24) is 5.48 Å². The van der Waals surface area contributed by atoms with Gasteiger partial charge in [-0.15, -0.1) is 0 Å². The van der Waals surface area contributed by atoms with Gasteiger partial charge in [0.1, 0.15) is 0 Å². The molecule has 0 aliphatic carbocycles. The Morgan fingerprint density at radius 3 is 3.11 bits per heavy atom.